The molecule has 1 aliphatic rings. The summed E-state index contributed by atoms with van der Waals surface area (Å²) in [7, 11) is 3.01. The average Bonchev–Trinajstić information content (AvgIpc) is 3.19. The molecule has 2 atom stereocenters. The molecule has 1 saturated heterocycles. The summed E-state index contributed by atoms with van der Waals surface area (Å²) in [5.74, 6) is -0.760. The van der Waals surface area contributed by atoms with Crippen LogP contribution in [0, 0.1) is 5.92 Å². The van der Waals surface area contributed by atoms with E-state index in [9.17, 15) is 14.4 Å². The highest BCUT2D eigenvalue weighted by molar-refractivity contribution is 5.95. The second-order valence-corrected chi connectivity index (χ2v) is 7.26. The van der Waals surface area contributed by atoms with Crippen molar-refractivity contribution >= 4 is 23.5 Å². The maximum absolute atomic E-state index is 12.4. The van der Waals surface area contributed by atoms with Gasteiger partial charge in [-0.25, -0.2) is 0 Å². The first kappa shape index (κ1) is 22.1. The summed E-state index contributed by atoms with van der Waals surface area (Å²) in [4.78, 5) is 38.8. The Morgan fingerprint density at radius 2 is 1.87 bits per heavy atom. The van der Waals surface area contributed by atoms with Gasteiger partial charge in [0.25, 0.3) is 5.91 Å². The van der Waals surface area contributed by atoms with Gasteiger partial charge in [-0.15, -0.1) is 0 Å². The number of likely N-dealkylation sites (tertiary alicyclic amines) is 1. The minimum atomic E-state index is -0.595. The molecule has 0 aliphatic carbocycles. The standard InChI is InChI=1S/C23H26N2O6/c1-15(16-7-5-4-6-8-16)25-13-17(11-22(25)27)23(28)31-14-21(26)24-19-10-9-18(29-2)12-20(19)30-3/h4-10,12,15,17H,11,13-14H2,1-3H3,(H,24,26)/t15-,17+/m0/s1. The number of esters is 1. The lowest BCUT2D eigenvalue weighted by Crippen LogP contribution is -2.30. The number of nitrogens with zero attached hydrogens (tertiary/aromatic N) is 1. The lowest BCUT2D eigenvalue weighted by Gasteiger charge is -2.25. The number of hydrogen-bond acceptors (Lipinski definition) is 6. The Labute approximate surface area is 181 Å². The number of benzene rings is 2. The first-order valence-electron chi connectivity index (χ1n) is 9.95. The maximum Gasteiger partial charge on any atom is 0.311 e. The molecule has 0 radical (unpaired) electrons. The van der Waals surface area contributed by atoms with Gasteiger partial charge in [0.2, 0.25) is 5.91 Å². The number of carbonyl (C=O) groups excluding carboxylic acids is 3. The van der Waals surface area contributed by atoms with Crippen LogP contribution in [0.2, 0.25) is 0 Å². The van der Waals surface area contributed by atoms with Gasteiger partial charge in [-0.2, -0.15) is 0 Å². The number of amides is 2. The van der Waals surface area contributed by atoms with Gasteiger partial charge in [0.1, 0.15) is 11.5 Å². The molecule has 2 aromatic carbocycles. The molecule has 1 fully saturated rings. The number of carbonyl (C=O) groups is 3. The predicted molar refractivity (Wildman–Crippen MR) is 114 cm³/mol. The smallest absolute Gasteiger partial charge is 0.311 e. The van der Waals surface area contributed by atoms with Crippen LogP contribution < -0.4 is 14.8 Å². The molecule has 1 heterocycles. The molecule has 1 aliphatic heterocycles. The van der Waals surface area contributed by atoms with Crippen molar-refractivity contribution in [3.63, 3.8) is 0 Å². The highest BCUT2D eigenvalue weighted by Gasteiger charge is 2.38. The van der Waals surface area contributed by atoms with Gasteiger partial charge in [0.15, 0.2) is 6.61 Å². The summed E-state index contributed by atoms with van der Waals surface area (Å²) in [6, 6.07) is 14.4. The topological polar surface area (TPSA) is 94.2 Å². The average molecular weight is 426 g/mol. The van der Waals surface area contributed by atoms with Crippen molar-refractivity contribution in [2.75, 3.05) is 32.7 Å². The van der Waals surface area contributed by atoms with Crippen LogP contribution in [0.3, 0.4) is 0 Å². The summed E-state index contributed by atoms with van der Waals surface area (Å²) in [5, 5.41) is 2.64. The zero-order valence-corrected chi connectivity index (χ0v) is 17.8. The van der Waals surface area contributed by atoms with Crippen LogP contribution in [-0.4, -0.2) is 50.1 Å². The number of anilines is 1. The molecule has 31 heavy (non-hydrogen) atoms. The summed E-state index contributed by atoms with van der Waals surface area (Å²) < 4.78 is 15.5. The Balaban J connectivity index is 1.53. The Morgan fingerprint density at radius 3 is 2.55 bits per heavy atom. The fourth-order valence-electron chi connectivity index (χ4n) is 3.52. The molecule has 3 rings (SSSR count). The van der Waals surface area contributed by atoms with Crippen molar-refractivity contribution in [2.45, 2.75) is 19.4 Å². The third-order valence-corrected chi connectivity index (χ3v) is 5.27. The number of nitrogens with one attached hydrogen (secondary N) is 1. The van der Waals surface area contributed by atoms with Crippen LogP contribution in [0.4, 0.5) is 5.69 Å². The van der Waals surface area contributed by atoms with Gasteiger partial charge in [-0.05, 0) is 24.6 Å². The Kier molecular flexibility index (Phi) is 7.12. The van der Waals surface area contributed by atoms with Crippen molar-refractivity contribution in [1.29, 1.82) is 0 Å². The van der Waals surface area contributed by atoms with Crippen molar-refractivity contribution in [2.24, 2.45) is 5.92 Å². The molecule has 8 nitrogen and oxygen atoms in total. The fourth-order valence-corrected chi connectivity index (χ4v) is 3.52. The Morgan fingerprint density at radius 1 is 1.13 bits per heavy atom. The van der Waals surface area contributed by atoms with Crippen LogP contribution in [0.1, 0.15) is 24.9 Å². The normalized spacial score (nSPS) is 16.5. The summed E-state index contributed by atoms with van der Waals surface area (Å²) >= 11 is 0. The van der Waals surface area contributed by atoms with E-state index in [1.807, 2.05) is 37.3 Å². The number of ether oxygens (including phenoxy) is 3. The van der Waals surface area contributed by atoms with Gasteiger partial charge >= 0.3 is 5.97 Å². The van der Waals surface area contributed by atoms with Gasteiger partial charge in [-0.3, -0.25) is 14.4 Å². The molecule has 2 amide bonds. The zero-order chi connectivity index (χ0) is 22.4. The molecule has 2 aromatic rings. The number of methoxy groups -OCH3 is 2. The van der Waals surface area contributed by atoms with E-state index >= 15 is 0 Å². The van der Waals surface area contributed by atoms with Gasteiger partial charge in [0.05, 0.1) is 31.9 Å². The molecular weight excluding hydrogens is 400 g/mol. The van der Waals surface area contributed by atoms with Crippen LogP contribution in [0.5, 0.6) is 11.5 Å². The predicted octanol–water partition coefficient (Wildman–Crippen LogP) is 2.80. The van der Waals surface area contributed by atoms with Gasteiger partial charge in [0, 0.05) is 19.0 Å². The number of rotatable bonds is 8. The van der Waals surface area contributed by atoms with Gasteiger partial charge in [-0.1, -0.05) is 30.3 Å². The fraction of sp³-hybridized carbons (Fsp3) is 0.348. The SMILES string of the molecule is COc1ccc(NC(=O)COC(=O)[C@@H]2CC(=O)N([C@@H](C)c3ccccc3)C2)c(OC)c1. The third-order valence-electron chi connectivity index (χ3n) is 5.27. The van der Waals surface area contributed by atoms with Crippen molar-refractivity contribution < 1.29 is 28.6 Å². The van der Waals surface area contributed by atoms with E-state index < -0.39 is 24.4 Å². The maximum atomic E-state index is 12.4. The van der Waals surface area contributed by atoms with E-state index in [2.05, 4.69) is 5.32 Å². The first-order valence-corrected chi connectivity index (χ1v) is 9.95. The largest absolute Gasteiger partial charge is 0.497 e. The molecule has 164 valence electrons. The summed E-state index contributed by atoms with van der Waals surface area (Å²) in [6.45, 7) is 1.74. The second-order valence-electron chi connectivity index (χ2n) is 7.26. The van der Waals surface area contributed by atoms with E-state index in [-0.39, 0.29) is 24.9 Å². The molecule has 0 saturated carbocycles. The van der Waals surface area contributed by atoms with Crippen LogP contribution in [0.25, 0.3) is 0 Å². The molecular formula is C23H26N2O6. The highest BCUT2D eigenvalue weighted by Crippen LogP contribution is 2.30. The van der Waals surface area contributed by atoms with E-state index in [1.54, 1.807) is 23.1 Å². The summed E-state index contributed by atoms with van der Waals surface area (Å²) in [5.41, 5.74) is 1.43. The van der Waals surface area contributed by atoms with E-state index in [0.717, 1.165) is 5.56 Å². The lowest BCUT2D eigenvalue weighted by molar-refractivity contribution is -0.151. The van der Waals surface area contributed by atoms with Gasteiger partial charge < -0.3 is 24.4 Å². The summed E-state index contributed by atoms with van der Waals surface area (Å²) in [6.07, 6.45) is 0.0733. The van der Waals surface area contributed by atoms with Crippen molar-refractivity contribution in [3.8, 4) is 11.5 Å². The van der Waals surface area contributed by atoms with E-state index in [1.165, 1.54) is 14.2 Å². The molecule has 1 N–H and O–H groups in total. The van der Waals surface area contributed by atoms with Crippen molar-refractivity contribution in [1.82, 2.24) is 4.90 Å². The zero-order valence-electron chi connectivity index (χ0n) is 17.8. The molecule has 0 aromatic heterocycles. The molecule has 0 bridgehead atoms. The van der Waals surface area contributed by atoms with Crippen LogP contribution >= 0.6 is 0 Å². The monoisotopic (exact) mass is 426 g/mol. The lowest BCUT2D eigenvalue weighted by atomic mass is 10.1. The third kappa shape index (κ3) is 5.33. The quantitative estimate of drug-likeness (QED) is 0.653. The highest BCUT2D eigenvalue weighted by atomic mass is 16.5. The Bertz CT molecular complexity index is 946. The second kappa shape index (κ2) is 9.97. The van der Waals surface area contributed by atoms with Crippen molar-refractivity contribution in [3.05, 3.63) is 54.1 Å². The number of hydrogen-bond donors (Lipinski definition) is 1. The van der Waals surface area contributed by atoms with E-state index in [0.29, 0.717) is 17.2 Å². The molecule has 0 unspecified atom stereocenters. The molecule has 0 spiro atoms. The molecule has 8 heteroatoms. The van der Waals surface area contributed by atoms with Crippen LogP contribution in [0.15, 0.2) is 48.5 Å². The van der Waals surface area contributed by atoms with E-state index in [4.69, 9.17) is 14.2 Å². The van der Waals surface area contributed by atoms with Crippen LogP contribution in [-0.2, 0) is 19.1 Å². The minimum absolute atomic E-state index is 0.0733. The first-order chi connectivity index (χ1) is 14.9. The Hall–Kier alpha value is -3.55. The minimum Gasteiger partial charge on any atom is -0.497 e.